The second-order valence-corrected chi connectivity index (χ2v) is 11.2. The molecule has 1 aliphatic rings. The first-order valence-electron chi connectivity index (χ1n) is 10.3. The minimum absolute atomic E-state index is 0.0711. The van der Waals surface area contributed by atoms with Gasteiger partial charge in [-0.1, -0.05) is 30.3 Å². The maximum atomic E-state index is 12.6. The Morgan fingerprint density at radius 1 is 0.903 bits per heavy atom. The highest BCUT2D eigenvalue weighted by molar-refractivity contribution is 7.90. The molecule has 8 heteroatoms. The van der Waals surface area contributed by atoms with Gasteiger partial charge in [-0.25, -0.2) is 17.9 Å². The van der Waals surface area contributed by atoms with E-state index in [9.17, 15) is 18.0 Å². The van der Waals surface area contributed by atoms with Gasteiger partial charge in [0.15, 0.2) is 5.78 Å². The predicted molar refractivity (Wildman–Crippen MR) is 122 cm³/mol. The Hall–Kier alpha value is -2.71. The summed E-state index contributed by atoms with van der Waals surface area (Å²) >= 11 is 0. The SMILES string of the molecule is CC(C)(C)S(=O)(=O)NC1CCN(C(=O)Nc2ccc(C(=O)c3ccccc3)cc2)CC1. The maximum Gasteiger partial charge on any atom is 0.321 e. The van der Waals surface area contributed by atoms with Gasteiger partial charge in [0, 0.05) is 35.9 Å². The van der Waals surface area contributed by atoms with Crippen LogP contribution in [0.1, 0.15) is 49.5 Å². The van der Waals surface area contributed by atoms with Crippen LogP contribution in [-0.2, 0) is 10.0 Å². The summed E-state index contributed by atoms with van der Waals surface area (Å²) in [5.41, 5.74) is 1.77. The third-order valence-corrected chi connectivity index (χ3v) is 7.60. The molecule has 0 radical (unpaired) electrons. The summed E-state index contributed by atoms with van der Waals surface area (Å²) < 4.78 is 26.5. The molecule has 2 N–H and O–H groups in total. The summed E-state index contributed by atoms with van der Waals surface area (Å²) in [7, 11) is -3.41. The van der Waals surface area contributed by atoms with Gasteiger partial charge in [0.2, 0.25) is 10.0 Å². The number of hydrogen-bond donors (Lipinski definition) is 2. The molecule has 0 spiro atoms. The number of likely N-dealkylation sites (tertiary alicyclic amines) is 1. The van der Waals surface area contributed by atoms with E-state index in [1.54, 1.807) is 62.1 Å². The maximum absolute atomic E-state index is 12.6. The van der Waals surface area contributed by atoms with E-state index in [4.69, 9.17) is 0 Å². The van der Waals surface area contributed by atoms with Crippen molar-refractivity contribution in [2.45, 2.75) is 44.4 Å². The van der Waals surface area contributed by atoms with Crippen molar-refractivity contribution in [3.8, 4) is 0 Å². The van der Waals surface area contributed by atoms with E-state index in [1.165, 1.54) is 0 Å². The number of sulfonamides is 1. The van der Waals surface area contributed by atoms with Crippen LogP contribution in [0, 0.1) is 0 Å². The standard InChI is InChI=1S/C23H29N3O4S/c1-23(2,3)31(29,30)25-20-13-15-26(16-14-20)22(28)24-19-11-9-18(10-12-19)21(27)17-7-5-4-6-8-17/h4-12,20,25H,13-16H2,1-3H3,(H,24,28). The Morgan fingerprint density at radius 3 is 2.00 bits per heavy atom. The molecular formula is C23H29N3O4S. The first-order chi connectivity index (χ1) is 14.6. The molecule has 2 amide bonds. The number of amides is 2. The summed E-state index contributed by atoms with van der Waals surface area (Å²) in [6, 6.07) is 15.4. The van der Waals surface area contributed by atoms with E-state index in [0.717, 1.165) is 0 Å². The number of hydrogen-bond acceptors (Lipinski definition) is 4. The molecule has 1 saturated heterocycles. The highest BCUT2D eigenvalue weighted by Crippen LogP contribution is 2.19. The highest BCUT2D eigenvalue weighted by Gasteiger charge is 2.33. The molecule has 0 unspecified atom stereocenters. The summed E-state index contributed by atoms with van der Waals surface area (Å²) in [5.74, 6) is -0.0711. The van der Waals surface area contributed by atoms with Crippen LogP contribution >= 0.6 is 0 Å². The smallest absolute Gasteiger partial charge is 0.321 e. The van der Waals surface area contributed by atoms with Crippen LogP contribution in [-0.4, -0.2) is 49.0 Å². The lowest BCUT2D eigenvalue weighted by molar-refractivity contribution is 0.103. The Morgan fingerprint density at radius 2 is 1.45 bits per heavy atom. The zero-order valence-corrected chi connectivity index (χ0v) is 18.9. The number of carbonyl (C=O) groups excluding carboxylic acids is 2. The quantitative estimate of drug-likeness (QED) is 0.690. The number of benzene rings is 2. The van der Waals surface area contributed by atoms with E-state index in [2.05, 4.69) is 10.0 Å². The Bertz CT molecular complexity index is 1020. The van der Waals surface area contributed by atoms with E-state index < -0.39 is 14.8 Å². The largest absolute Gasteiger partial charge is 0.324 e. The van der Waals surface area contributed by atoms with E-state index in [-0.39, 0.29) is 17.9 Å². The number of ketones is 1. The minimum Gasteiger partial charge on any atom is -0.324 e. The average molecular weight is 444 g/mol. The van der Waals surface area contributed by atoms with Gasteiger partial charge in [0.05, 0.1) is 4.75 Å². The molecule has 0 aromatic heterocycles. The molecule has 3 rings (SSSR count). The van der Waals surface area contributed by atoms with Crippen LogP contribution in [0.2, 0.25) is 0 Å². The average Bonchev–Trinajstić information content (AvgIpc) is 2.74. The van der Waals surface area contributed by atoms with Crippen molar-refractivity contribution < 1.29 is 18.0 Å². The minimum atomic E-state index is -3.41. The molecule has 0 atom stereocenters. The third kappa shape index (κ3) is 5.71. The Balaban J connectivity index is 1.53. The molecule has 1 fully saturated rings. The van der Waals surface area contributed by atoms with Crippen LogP contribution in [0.3, 0.4) is 0 Å². The molecule has 1 heterocycles. The first kappa shape index (κ1) is 23.0. The number of piperidine rings is 1. The molecule has 7 nitrogen and oxygen atoms in total. The van der Waals surface area contributed by atoms with E-state index in [1.807, 2.05) is 18.2 Å². The monoisotopic (exact) mass is 443 g/mol. The summed E-state index contributed by atoms with van der Waals surface area (Å²) in [5, 5.41) is 2.84. The molecule has 0 aliphatic carbocycles. The predicted octanol–water partition coefficient (Wildman–Crippen LogP) is 3.63. The van der Waals surface area contributed by atoms with E-state index >= 15 is 0 Å². The van der Waals surface area contributed by atoms with Gasteiger partial charge in [-0.3, -0.25) is 4.79 Å². The number of urea groups is 1. The van der Waals surface area contributed by atoms with Crippen molar-refractivity contribution in [2.75, 3.05) is 18.4 Å². The zero-order valence-electron chi connectivity index (χ0n) is 18.1. The van der Waals surface area contributed by atoms with Gasteiger partial charge >= 0.3 is 6.03 Å². The number of nitrogens with one attached hydrogen (secondary N) is 2. The number of rotatable bonds is 5. The van der Waals surface area contributed by atoms with Gasteiger partial charge in [-0.2, -0.15) is 0 Å². The Kier molecular flexibility index (Phi) is 6.81. The van der Waals surface area contributed by atoms with Crippen LogP contribution in [0.4, 0.5) is 10.5 Å². The summed E-state index contributed by atoms with van der Waals surface area (Å²) in [4.78, 5) is 26.7. The van der Waals surface area contributed by atoms with Crippen LogP contribution in [0.25, 0.3) is 0 Å². The summed E-state index contributed by atoms with van der Waals surface area (Å²) in [6.07, 6.45) is 1.13. The second kappa shape index (κ2) is 9.20. The molecule has 2 aromatic carbocycles. The lowest BCUT2D eigenvalue weighted by atomic mass is 10.0. The van der Waals surface area contributed by atoms with Crippen molar-refractivity contribution in [1.82, 2.24) is 9.62 Å². The molecule has 2 aromatic rings. The Labute approximate surface area is 183 Å². The number of nitrogens with zero attached hydrogens (tertiary/aromatic N) is 1. The molecule has 31 heavy (non-hydrogen) atoms. The summed E-state index contributed by atoms with van der Waals surface area (Å²) in [6.45, 7) is 5.92. The zero-order chi connectivity index (χ0) is 22.6. The molecule has 0 saturated carbocycles. The van der Waals surface area contributed by atoms with Gasteiger partial charge < -0.3 is 10.2 Å². The van der Waals surface area contributed by atoms with Crippen molar-refractivity contribution in [3.63, 3.8) is 0 Å². The van der Waals surface area contributed by atoms with Crippen LogP contribution in [0.5, 0.6) is 0 Å². The fourth-order valence-corrected chi connectivity index (χ4v) is 4.29. The highest BCUT2D eigenvalue weighted by atomic mass is 32.2. The molecular weight excluding hydrogens is 414 g/mol. The van der Waals surface area contributed by atoms with Crippen LogP contribution < -0.4 is 10.0 Å². The fraction of sp³-hybridized carbons (Fsp3) is 0.391. The van der Waals surface area contributed by atoms with Crippen molar-refractivity contribution in [2.24, 2.45) is 0 Å². The number of anilines is 1. The van der Waals surface area contributed by atoms with E-state index in [0.29, 0.717) is 42.7 Å². The fourth-order valence-electron chi connectivity index (χ4n) is 3.26. The number of carbonyl (C=O) groups is 2. The lowest BCUT2D eigenvalue weighted by Crippen LogP contribution is -2.50. The second-order valence-electron chi connectivity index (χ2n) is 8.70. The first-order valence-corrected chi connectivity index (χ1v) is 11.8. The van der Waals surface area contributed by atoms with Gasteiger partial charge in [-0.05, 0) is 57.9 Å². The molecule has 1 aliphatic heterocycles. The topological polar surface area (TPSA) is 95.6 Å². The van der Waals surface area contributed by atoms with Gasteiger partial charge in [0.1, 0.15) is 0 Å². The van der Waals surface area contributed by atoms with Crippen molar-refractivity contribution in [1.29, 1.82) is 0 Å². The normalized spacial score (nSPS) is 15.5. The third-order valence-electron chi connectivity index (χ3n) is 5.34. The van der Waals surface area contributed by atoms with Crippen molar-refractivity contribution in [3.05, 3.63) is 65.7 Å². The lowest BCUT2D eigenvalue weighted by Gasteiger charge is -2.33. The van der Waals surface area contributed by atoms with Gasteiger partial charge in [0.25, 0.3) is 0 Å². The van der Waals surface area contributed by atoms with Gasteiger partial charge in [-0.15, -0.1) is 0 Å². The molecule has 0 bridgehead atoms. The molecule has 166 valence electrons. The van der Waals surface area contributed by atoms with Crippen molar-refractivity contribution >= 4 is 27.5 Å². The van der Waals surface area contributed by atoms with Crippen LogP contribution in [0.15, 0.2) is 54.6 Å².